The van der Waals surface area contributed by atoms with Gasteiger partial charge in [-0.3, -0.25) is 4.79 Å². The highest BCUT2D eigenvalue weighted by Gasteiger charge is 2.33. The number of aromatic nitrogens is 3. The molecule has 0 saturated carbocycles. The van der Waals surface area contributed by atoms with Gasteiger partial charge >= 0.3 is 0 Å². The van der Waals surface area contributed by atoms with Crippen molar-refractivity contribution in [2.45, 2.75) is 13.0 Å². The molecule has 28 heavy (non-hydrogen) atoms. The van der Waals surface area contributed by atoms with Gasteiger partial charge in [0.1, 0.15) is 11.8 Å². The highest BCUT2D eigenvalue weighted by atomic mass is 35.5. The molecule has 4 rings (SSSR count). The lowest BCUT2D eigenvalue weighted by molar-refractivity contribution is -0.115. The van der Waals surface area contributed by atoms with Gasteiger partial charge < -0.3 is 15.8 Å². The Labute approximate surface area is 166 Å². The summed E-state index contributed by atoms with van der Waals surface area (Å²) in [5.74, 6) is 1.20. The predicted molar refractivity (Wildman–Crippen MR) is 107 cm³/mol. The van der Waals surface area contributed by atoms with E-state index >= 15 is 0 Å². The predicted octanol–water partition coefficient (Wildman–Crippen LogP) is 3.38. The Morgan fingerprint density at radius 1 is 1.25 bits per heavy atom. The van der Waals surface area contributed by atoms with Gasteiger partial charge in [0.25, 0.3) is 0 Å². The van der Waals surface area contributed by atoms with Crippen LogP contribution in [-0.2, 0) is 4.79 Å². The van der Waals surface area contributed by atoms with Crippen molar-refractivity contribution in [1.82, 2.24) is 14.8 Å². The minimum atomic E-state index is -0.521. The molecule has 7 nitrogen and oxygen atoms in total. The van der Waals surface area contributed by atoms with Crippen LogP contribution in [0.15, 0.2) is 59.8 Å². The first kappa shape index (κ1) is 18.1. The van der Waals surface area contributed by atoms with Crippen molar-refractivity contribution in [3.63, 3.8) is 0 Å². The van der Waals surface area contributed by atoms with E-state index in [-0.39, 0.29) is 0 Å². The Bertz CT molecular complexity index is 1090. The third-order valence-corrected chi connectivity index (χ3v) is 4.88. The normalized spacial score (nSPS) is 15.8. The van der Waals surface area contributed by atoms with Crippen LogP contribution < -0.4 is 15.8 Å². The molecule has 2 aromatic carbocycles. The average molecular weight is 396 g/mol. The van der Waals surface area contributed by atoms with Gasteiger partial charge in [0.15, 0.2) is 5.82 Å². The molecule has 1 aromatic heterocycles. The minimum Gasteiger partial charge on any atom is -0.497 e. The van der Waals surface area contributed by atoms with Gasteiger partial charge in [-0.15, -0.1) is 5.10 Å². The molecule has 0 saturated heterocycles. The van der Waals surface area contributed by atoms with Crippen molar-refractivity contribution in [3.8, 4) is 17.1 Å². The fraction of sp³-hybridized carbons (Fsp3) is 0.150. The number of anilines is 1. The largest absolute Gasteiger partial charge is 0.497 e. The molecule has 1 amide bonds. The number of carbonyl (C=O) groups excluding carboxylic acids is 1. The lowest BCUT2D eigenvalue weighted by Crippen LogP contribution is -2.31. The summed E-state index contributed by atoms with van der Waals surface area (Å²) in [5, 5.41) is 8.41. The zero-order valence-electron chi connectivity index (χ0n) is 15.3. The number of allylic oxidation sites excluding steroid dienone is 1. The number of nitrogens with zero attached hydrogens (tertiary/aromatic N) is 3. The van der Waals surface area contributed by atoms with Gasteiger partial charge in [0.05, 0.1) is 12.7 Å². The number of carbonyl (C=O) groups is 1. The summed E-state index contributed by atoms with van der Waals surface area (Å²) in [6.07, 6.45) is 0. The van der Waals surface area contributed by atoms with E-state index in [1.165, 1.54) is 0 Å². The molecule has 0 unspecified atom stereocenters. The maximum absolute atomic E-state index is 12.2. The van der Waals surface area contributed by atoms with Crippen molar-refractivity contribution < 1.29 is 9.53 Å². The number of methoxy groups -OCH3 is 1. The Balaban J connectivity index is 1.87. The second-order valence-corrected chi connectivity index (χ2v) is 6.85. The second-order valence-electron chi connectivity index (χ2n) is 6.42. The monoisotopic (exact) mass is 395 g/mol. The molecule has 3 aromatic rings. The van der Waals surface area contributed by atoms with E-state index in [1.54, 1.807) is 30.8 Å². The number of hydrogen-bond donors (Lipinski definition) is 2. The first-order valence-corrected chi connectivity index (χ1v) is 8.99. The Kier molecular flexibility index (Phi) is 4.52. The van der Waals surface area contributed by atoms with Crippen molar-refractivity contribution >= 4 is 23.5 Å². The third kappa shape index (κ3) is 3.10. The summed E-state index contributed by atoms with van der Waals surface area (Å²) in [6, 6.07) is 14.2. The Morgan fingerprint density at radius 2 is 2.00 bits per heavy atom. The Hall–Kier alpha value is -3.32. The fourth-order valence-electron chi connectivity index (χ4n) is 3.31. The highest BCUT2D eigenvalue weighted by Crippen LogP contribution is 2.37. The fourth-order valence-corrected chi connectivity index (χ4v) is 3.44. The van der Waals surface area contributed by atoms with Crippen LogP contribution in [0, 0.1) is 0 Å². The van der Waals surface area contributed by atoms with Gasteiger partial charge in [0.2, 0.25) is 11.9 Å². The van der Waals surface area contributed by atoms with E-state index in [2.05, 4.69) is 15.4 Å². The summed E-state index contributed by atoms with van der Waals surface area (Å²) in [7, 11) is 1.59. The van der Waals surface area contributed by atoms with Crippen molar-refractivity contribution in [1.29, 1.82) is 0 Å². The zero-order valence-corrected chi connectivity index (χ0v) is 16.1. The van der Waals surface area contributed by atoms with Gasteiger partial charge in [0, 0.05) is 16.3 Å². The number of nitrogens with one attached hydrogen (secondary N) is 1. The van der Waals surface area contributed by atoms with E-state index in [0.717, 1.165) is 11.1 Å². The van der Waals surface area contributed by atoms with Gasteiger partial charge in [-0.2, -0.15) is 4.98 Å². The molecular formula is C20H18ClN5O2. The maximum Gasteiger partial charge on any atom is 0.248 e. The molecule has 1 atom stereocenters. The van der Waals surface area contributed by atoms with E-state index in [0.29, 0.717) is 33.8 Å². The van der Waals surface area contributed by atoms with Crippen molar-refractivity contribution in [3.05, 3.63) is 70.4 Å². The molecule has 0 radical (unpaired) electrons. The van der Waals surface area contributed by atoms with Crippen LogP contribution >= 0.6 is 11.6 Å². The van der Waals surface area contributed by atoms with Crippen LogP contribution in [-0.4, -0.2) is 27.8 Å². The first-order valence-electron chi connectivity index (χ1n) is 8.62. The molecular weight excluding hydrogens is 378 g/mol. The summed E-state index contributed by atoms with van der Waals surface area (Å²) < 4.78 is 7.01. The SMILES string of the molecule is COc1cccc([C@@H]2C(C(N)=O)=C(C)Nc3nc(-c4ccc(Cl)cc4)nn32)c1. The standard InChI is InChI=1S/C20H18ClN5O2/c1-11-16(18(22)27)17(13-4-3-5-15(10-13)28-2)26-20(23-11)24-19(25-26)12-6-8-14(21)9-7-12/h3-10,17H,1-2H3,(H2,22,27)(H,23,24,25)/t17-/m1/s1. The number of ether oxygens (including phenoxy) is 1. The van der Waals surface area contributed by atoms with E-state index in [1.807, 2.05) is 36.4 Å². The van der Waals surface area contributed by atoms with E-state index in [4.69, 9.17) is 22.1 Å². The first-order chi connectivity index (χ1) is 13.5. The maximum atomic E-state index is 12.2. The number of amides is 1. The van der Waals surface area contributed by atoms with Crippen LogP contribution in [0.2, 0.25) is 5.02 Å². The van der Waals surface area contributed by atoms with Crippen LogP contribution in [0.1, 0.15) is 18.5 Å². The number of halogens is 1. The van der Waals surface area contributed by atoms with E-state index < -0.39 is 11.9 Å². The summed E-state index contributed by atoms with van der Waals surface area (Å²) in [6.45, 7) is 1.80. The Morgan fingerprint density at radius 3 is 2.68 bits per heavy atom. The minimum absolute atomic E-state index is 0.424. The van der Waals surface area contributed by atoms with Gasteiger partial charge in [-0.1, -0.05) is 23.7 Å². The van der Waals surface area contributed by atoms with Crippen molar-refractivity contribution in [2.24, 2.45) is 5.73 Å². The average Bonchev–Trinajstić information content (AvgIpc) is 3.10. The molecule has 2 heterocycles. The zero-order chi connectivity index (χ0) is 19.8. The van der Waals surface area contributed by atoms with Crippen LogP contribution in [0.25, 0.3) is 11.4 Å². The molecule has 0 fully saturated rings. The molecule has 0 aliphatic carbocycles. The lowest BCUT2D eigenvalue weighted by atomic mass is 9.95. The van der Waals surface area contributed by atoms with Crippen LogP contribution in [0.5, 0.6) is 5.75 Å². The summed E-state index contributed by atoms with van der Waals surface area (Å²) >= 11 is 5.98. The number of nitrogens with two attached hydrogens (primary N) is 1. The molecule has 142 valence electrons. The van der Waals surface area contributed by atoms with Gasteiger partial charge in [-0.05, 0) is 48.9 Å². The summed E-state index contributed by atoms with van der Waals surface area (Å²) in [5.41, 5.74) is 8.41. The van der Waals surface area contributed by atoms with E-state index in [9.17, 15) is 4.79 Å². The molecule has 1 aliphatic heterocycles. The number of hydrogen-bond acceptors (Lipinski definition) is 5. The number of primary amides is 1. The van der Waals surface area contributed by atoms with Crippen LogP contribution in [0.3, 0.4) is 0 Å². The number of benzene rings is 2. The lowest BCUT2D eigenvalue weighted by Gasteiger charge is -2.27. The molecule has 8 heteroatoms. The smallest absolute Gasteiger partial charge is 0.248 e. The quantitative estimate of drug-likeness (QED) is 0.706. The molecule has 1 aliphatic rings. The summed E-state index contributed by atoms with van der Waals surface area (Å²) in [4.78, 5) is 16.8. The number of fused-ring (bicyclic) bond motifs is 1. The second kappa shape index (κ2) is 7.01. The number of rotatable bonds is 4. The van der Waals surface area contributed by atoms with Crippen LogP contribution in [0.4, 0.5) is 5.95 Å². The molecule has 0 spiro atoms. The third-order valence-electron chi connectivity index (χ3n) is 4.63. The topological polar surface area (TPSA) is 95.1 Å². The molecule has 3 N–H and O–H groups in total. The van der Waals surface area contributed by atoms with Crippen molar-refractivity contribution in [2.75, 3.05) is 12.4 Å². The highest BCUT2D eigenvalue weighted by molar-refractivity contribution is 6.30. The molecule has 0 bridgehead atoms. The van der Waals surface area contributed by atoms with Gasteiger partial charge in [-0.25, -0.2) is 4.68 Å².